The van der Waals surface area contributed by atoms with Crippen molar-refractivity contribution in [3.05, 3.63) is 35.5 Å². The van der Waals surface area contributed by atoms with Gasteiger partial charge in [-0.05, 0) is 59.0 Å². The number of ether oxygens (including phenoxy) is 2. The van der Waals surface area contributed by atoms with E-state index < -0.39 is 28.6 Å². The molecule has 2 fully saturated rings. The van der Waals surface area contributed by atoms with Gasteiger partial charge in [-0.2, -0.15) is 0 Å². The van der Waals surface area contributed by atoms with Gasteiger partial charge in [0.05, 0.1) is 0 Å². The first kappa shape index (κ1) is 20.4. The van der Waals surface area contributed by atoms with Gasteiger partial charge in [-0.15, -0.1) is 0 Å². The Labute approximate surface area is 165 Å². The van der Waals surface area contributed by atoms with Crippen molar-refractivity contribution in [1.82, 2.24) is 0 Å². The highest BCUT2D eigenvalue weighted by atomic mass is 16.6. The summed E-state index contributed by atoms with van der Waals surface area (Å²) >= 11 is 0. The van der Waals surface area contributed by atoms with Gasteiger partial charge in [0.1, 0.15) is 16.6 Å². The molecule has 0 amide bonds. The van der Waals surface area contributed by atoms with Gasteiger partial charge in [-0.25, -0.2) is 4.79 Å². The maximum atomic E-state index is 13.3. The second kappa shape index (κ2) is 6.90. The Hall–Kier alpha value is -2.37. The number of hydrogen-bond acceptors (Lipinski definition) is 5. The quantitative estimate of drug-likeness (QED) is 0.342. The third-order valence-corrected chi connectivity index (χ3v) is 6.75. The van der Waals surface area contributed by atoms with Crippen LogP contribution in [0.5, 0.6) is 0 Å². The van der Waals surface area contributed by atoms with Gasteiger partial charge < -0.3 is 14.6 Å². The van der Waals surface area contributed by atoms with Crippen LogP contribution < -0.4 is 0 Å². The average Bonchev–Trinajstić information content (AvgIpc) is 2.77. The zero-order chi connectivity index (χ0) is 20.7. The van der Waals surface area contributed by atoms with E-state index in [0.29, 0.717) is 25.7 Å². The van der Waals surface area contributed by atoms with Crippen LogP contribution in [0.25, 0.3) is 0 Å². The van der Waals surface area contributed by atoms with Crippen molar-refractivity contribution in [2.75, 3.05) is 0 Å². The smallest absolute Gasteiger partial charge is 0.331 e. The van der Waals surface area contributed by atoms with E-state index in [-0.39, 0.29) is 17.5 Å². The molecule has 28 heavy (non-hydrogen) atoms. The number of esters is 2. The number of carboxylic acids is 1. The van der Waals surface area contributed by atoms with E-state index in [1.165, 1.54) is 25.5 Å². The molecule has 0 aromatic heterocycles. The van der Waals surface area contributed by atoms with E-state index >= 15 is 0 Å². The lowest BCUT2D eigenvalue weighted by Gasteiger charge is -2.54. The minimum absolute atomic E-state index is 0.185. The number of allylic oxidation sites excluding steroid dienone is 4. The van der Waals surface area contributed by atoms with Crippen molar-refractivity contribution >= 4 is 17.9 Å². The minimum atomic E-state index is -1.00. The van der Waals surface area contributed by atoms with Crippen molar-refractivity contribution in [2.45, 2.75) is 71.0 Å². The number of cyclic esters (lactones) is 1. The molecule has 1 heterocycles. The summed E-state index contributed by atoms with van der Waals surface area (Å²) in [6.07, 6.45) is 10.1. The first-order valence-corrected chi connectivity index (χ1v) is 9.74. The first-order chi connectivity index (χ1) is 13.1. The molecular weight excluding hydrogens is 360 g/mol. The number of carboxylic acid groups (broad SMARTS) is 1. The third-order valence-electron chi connectivity index (χ3n) is 6.75. The summed E-state index contributed by atoms with van der Waals surface area (Å²) in [6, 6.07) is 0. The fourth-order valence-corrected chi connectivity index (χ4v) is 5.25. The lowest BCUT2D eigenvalue weighted by molar-refractivity contribution is -0.235. The molecule has 0 spiro atoms. The zero-order valence-electron chi connectivity index (χ0n) is 16.9. The largest absolute Gasteiger partial charge is 0.478 e. The van der Waals surface area contributed by atoms with Crippen molar-refractivity contribution in [3.63, 3.8) is 0 Å². The van der Waals surface area contributed by atoms with Crippen molar-refractivity contribution < 1.29 is 29.0 Å². The summed E-state index contributed by atoms with van der Waals surface area (Å²) in [5.74, 6) is -1.91. The van der Waals surface area contributed by atoms with Crippen LogP contribution in [-0.4, -0.2) is 34.2 Å². The third kappa shape index (κ3) is 2.99. The summed E-state index contributed by atoms with van der Waals surface area (Å²) in [5.41, 5.74) is -1.35. The van der Waals surface area contributed by atoms with Crippen LogP contribution >= 0.6 is 0 Å². The molecule has 0 aromatic carbocycles. The molecule has 1 saturated heterocycles. The highest BCUT2D eigenvalue weighted by Gasteiger charge is 2.74. The van der Waals surface area contributed by atoms with Gasteiger partial charge in [0.25, 0.3) is 0 Å². The van der Waals surface area contributed by atoms with Gasteiger partial charge in [0.15, 0.2) is 0 Å². The number of rotatable bonds is 4. The molecule has 1 N–H and O–H groups in total. The Bertz CT molecular complexity index is 806. The Kier molecular flexibility index (Phi) is 5.02. The van der Waals surface area contributed by atoms with Gasteiger partial charge in [-0.3, -0.25) is 9.59 Å². The molecule has 152 valence electrons. The zero-order valence-corrected chi connectivity index (χ0v) is 16.9. The maximum Gasteiger partial charge on any atom is 0.331 e. The van der Waals surface area contributed by atoms with Crippen LogP contribution in [-0.2, 0) is 23.9 Å². The van der Waals surface area contributed by atoms with Gasteiger partial charge in [-0.1, -0.05) is 23.8 Å². The molecule has 3 rings (SSSR count). The molecule has 2 aliphatic carbocycles. The second-order valence-corrected chi connectivity index (χ2v) is 8.50. The highest BCUT2D eigenvalue weighted by Crippen LogP contribution is 2.65. The van der Waals surface area contributed by atoms with Crippen LogP contribution in [0.15, 0.2) is 35.5 Å². The maximum absolute atomic E-state index is 13.3. The first-order valence-electron chi connectivity index (χ1n) is 9.74. The molecule has 0 aromatic rings. The second-order valence-electron chi connectivity index (χ2n) is 8.50. The molecule has 0 unspecified atom stereocenters. The normalized spacial score (nSPS) is 37.7. The van der Waals surface area contributed by atoms with Crippen LogP contribution in [0.3, 0.4) is 0 Å². The minimum Gasteiger partial charge on any atom is -0.478 e. The molecule has 1 saturated carbocycles. The molecule has 1 aliphatic heterocycles. The van der Waals surface area contributed by atoms with Crippen molar-refractivity contribution in [2.24, 2.45) is 11.3 Å². The Morgan fingerprint density at radius 3 is 2.68 bits per heavy atom. The summed E-state index contributed by atoms with van der Waals surface area (Å²) in [6.45, 7) is 6.75. The monoisotopic (exact) mass is 388 g/mol. The molecule has 6 heteroatoms. The van der Waals surface area contributed by atoms with Gasteiger partial charge >= 0.3 is 17.9 Å². The lowest BCUT2D eigenvalue weighted by atomic mass is 9.62. The van der Waals surface area contributed by atoms with Crippen molar-refractivity contribution in [1.29, 1.82) is 0 Å². The van der Waals surface area contributed by atoms with Gasteiger partial charge in [0.2, 0.25) is 0 Å². The standard InChI is InChI=1S/C22H28O6/c1-14-7-11-21-12-9-17(22(21,13-8-14)27-16(3)23)20(4,28-19(21)26)10-5-6-15(2)18(24)25/h5-7,10,17H,8-9,11-13H2,1-4H3,(H,24,25)/b10-5+,15-6-/t17-,20+,21+,22-/m0/s1. The predicted octanol–water partition coefficient (Wildman–Crippen LogP) is 3.72. The fourth-order valence-electron chi connectivity index (χ4n) is 5.25. The molecule has 3 aliphatic rings. The molecule has 4 atom stereocenters. The number of carbonyl (C=O) groups excluding carboxylic acids is 2. The number of carbonyl (C=O) groups is 3. The summed E-state index contributed by atoms with van der Waals surface area (Å²) in [7, 11) is 0. The van der Waals surface area contributed by atoms with Crippen LogP contribution in [0, 0.1) is 11.3 Å². The highest BCUT2D eigenvalue weighted by molar-refractivity contribution is 5.86. The van der Waals surface area contributed by atoms with E-state index in [9.17, 15) is 14.4 Å². The predicted molar refractivity (Wildman–Crippen MR) is 102 cm³/mol. The average molecular weight is 388 g/mol. The van der Waals surface area contributed by atoms with E-state index in [1.807, 2.05) is 13.8 Å². The van der Waals surface area contributed by atoms with Crippen LogP contribution in [0.1, 0.15) is 59.8 Å². The van der Waals surface area contributed by atoms with Crippen LogP contribution in [0.4, 0.5) is 0 Å². The van der Waals surface area contributed by atoms with Crippen molar-refractivity contribution in [3.8, 4) is 0 Å². The topological polar surface area (TPSA) is 89.9 Å². The Morgan fingerprint density at radius 1 is 1.32 bits per heavy atom. The molecule has 6 nitrogen and oxygen atoms in total. The number of hydrogen-bond donors (Lipinski definition) is 1. The van der Waals surface area contributed by atoms with E-state index in [4.69, 9.17) is 14.6 Å². The Morgan fingerprint density at radius 2 is 2.04 bits per heavy atom. The summed E-state index contributed by atoms with van der Waals surface area (Å²) in [5, 5.41) is 9.03. The van der Waals surface area contributed by atoms with E-state index in [1.54, 1.807) is 12.2 Å². The number of aliphatic carboxylic acids is 1. The molecular formula is C22H28O6. The van der Waals surface area contributed by atoms with E-state index in [2.05, 4.69) is 6.08 Å². The lowest BCUT2D eigenvalue weighted by Crippen LogP contribution is -2.65. The Balaban J connectivity index is 2.07. The van der Waals surface area contributed by atoms with Crippen LogP contribution in [0.2, 0.25) is 0 Å². The molecule has 2 bridgehead atoms. The SMILES string of the molecule is CC(=O)O[C@]12CCC(C)=CC[C@]13CC[C@H]2[C@@](C)(/C=C/C=C(/C)C(=O)O)OC3=O. The summed E-state index contributed by atoms with van der Waals surface area (Å²) < 4.78 is 11.9. The fraction of sp³-hybridized carbons (Fsp3) is 0.591. The van der Waals surface area contributed by atoms with E-state index in [0.717, 1.165) is 6.42 Å². The van der Waals surface area contributed by atoms with Gasteiger partial charge in [0, 0.05) is 18.4 Å². The summed E-state index contributed by atoms with van der Waals surface area (Å²) in [4.78, 5) is 36.4. The molecule has 0 radical (unpaired) electrons.